The van der Waals surface area contributed by atoms with Gasteiger partial charge in [0, 0.05) is 18.7 Å². The average Bonchev–Trinajstić information content (AvgIpc) is 3.23. The molecule has 0 saturated carbocycles. The molecule has 36 heavy (non-hydrogen) atoms. The number of hydrogen-bond donors (Lipinski definition) is 2. The first-order valence-electron chi connectivity index (χ1n) is 11.9. The molecule has 0 spiro atoms. The number of aliphatic carboxylic acids is 1. The van der Waals surface area contributed by atoms with Gasteiger partial charge in [0.15, 0.2) is 0 Å². The molecule has 1 saturated heterocycles. The van der Waals surface area contributed by atoms with Crippen molar-refractivity contribution < 1.29 is 37.3 Å². The minimum atomic E-state index is -4.67. The minimum Gasteiger partial charge on any atom is -0.478 e. The van der Waals surface area contributed by atoms with Crippen molar-refractivity contribution in [2.24, 2.45) is 0 Å². The number of alkyl halides is 3. The lowest BCUT2D eigenvalue weighted by Crippen LogP contribution is -2.39. The molecule has 0 unspecified atom stereocenters. The lowest BCUT2D eigenvalue weighted by molar-refractivity contribution is -0.138. The Hall–Kier alpha value is -2.75. The number of nitrogens with zero attached hydrogens (tertiary/aromatic N) is 1. The van der Waals surface area contributed by atoms with E-state index in [-0.39, 0.29) is 29.6 Å². The molecule has 5 nitrogen and oxygen atoms in total. The van der Waals surface area contributed by atoms with Crippen LogP contribution in [0.5, 0.6) is 0 Å². The van der Waals surface area contributed by atoms with Gasteiger partial charge < -0.3 is 14.9 Å². The first-order chi connectivity index (χ1) is 17.0. The molecule has 1 aliphatic rings. The van der Waals surface area contributed by atoms with Crippen LogP contribution in [0.1, 0.15) is 53.7 Å². The Morgan fingerprint density at radius 1 is 1.28 bits per heavy atom. The van der Waals surface area contributed by atoms with Crippen LogP contribution in [0.3, 0.4) is 0 Å². The Kier molecular flexibility index (Phi) is 9.27. The van der Waals surface area contributed by atoms with E-state index in [4.69, 9.17) is 9.84 Å². The highest BCUT2D eigenvalue weighted by Crippen LogP contribution is 2.36. The summed E-state index contributed by atoms with van der Waals surface area (Å²) in [5.74, 6) is -1.61. The van der Waals surface area contributed by atoms with E-state index in [2.05, 4.69) is 4.90 Å². The summed E-state index contributed by atoms with van der Waals surface area (Å²) in [5.41, 5.74) is 0.419. The summed E-state index contributed by atoms with van der Waals surface area (Å²) in [6.45, 7) is 4.26. The molecule has 2 aromatic rings. The smallest absolute Gasteiger partial charge is 0.416 e. The van der Waals surface area contributed by atoms with Crippen LogP contribution in [0.4, 0.5) is 17.6 Å². The number of aliphatic hydroxyl groups excluding tert-OH is 1. The van der Waals surface area contributed by atoms with Crippen LogP contribution in [0.2, 0.25) is 0 Å². The Bertz CT molecular complexity index is 1090. The number of hydrogen-bond acceptors (Lipinski definition) is 4. The van der Waals surface area contributed by atoms with Crippen molar-refractivity contribution in [3.8, 4) is 0 Å². The normalized spacial score (nSPS) is 18.6. The molecule has 3 atom stereocenters. The van der Waals surface area contributed by atoms with Gasteiger partial charge in [-0.1, -0.05) is 24.3 Å². The van der Waals surface area contributed by atoms with E-state index < -0.39 is 29.9 Å². The van der Waals surface area contributed by atoms with Crippen molar-refractivity contribution in [2.45, 2.75) is 57.5 Å². The van der Waals surface area contributed by atoms with Crippen molar-refractivity contribution >= 4 is 12.0 Å². The van der Waals surface area contributed by atoms with Gasteiger partial charge in [0.05, 0.1) is 24.4 Å². The van der Waals surface area contributed by atoms with Crippen molar-refractivity contribution in [2.75, 3.05) is 19.7 Å². The Morgan fingerprint density at radius 3 is 2.69 bits per heavy atom. The third-order valence-corrected chi connectivity index (χ3v) is 6.47. The van der Waals surface area contributed by atoms with Crippen molar-refractivity contribution in [3.05, 3.63) is 76.1 Å². The van der Waals surface area contributed by atoms with Gasteiger partial charge in [0.2, 0.25) is 0 Å². The largest absolute Gasteiger partial charge is 0.478 e. The number of halogens is 4. The molecule has 9 heteroatoms. The number of β-amino-alcohol motifs (C(OH)–C–C–N with tert-alkyl or cyclic N) is 1. The van der Waals surface area contributed by atoms with Crippen LogP contribution in [0.15, 0.2) is 42.5 Å². The summed E-state index contributed by atoms with van der Waals surface area (Å²) < 4.78 is 60.2. The van der Waals surface area contributed by atoms with Gasteiger partial charge in [-0.25, -0.2) is 9.18 Å². The van der Waals surface area contributed by atoms with Crippen LogP contribution in [-0.2, 0) is 22.1 Å². The molecular formula is C27H31F4NO4. The number of aryl methyl sites for hydroxylation is 1. The second-order valence-electron chi connectivity index (χ2n) is 9.19. The van der Waals surface area contributed by atoms with E-state index in [0.29, 0.717) is 24.6 Å². The summed E-state index contributed by atoms with van der Waals surface area (Å²) in [6.07, 6.45) is -2.27. The van der Waals surface area contributed by atoms with Gasteiger partial charge in [-0.3, -0.25) is 4.90 Å². The second-order valence-corrected chi connectivity index (χ2v) is 9.19. The molecule has 2 aromatic carbocycles. The molecule has 196 valence electrons. The molecule has 0 aromatic heterocycles. The fraction of sp³-hybridized carbons (Fsp3) is 0.444. The number of carbonyl (C=O) groups is 1. The minimum absolute atomic E-state index is 0.109. The highest BCUT2D eigenvalue weighted by molar-refractivity contribution is 5.86. The van der Waals surface area contributed by atoms with Gasteiger partial charge in [-0.05, 0) is 80.1 Å². The predicted molar refractivity (Wildman–Crippen MR) is 128 cm³/mol. The van der Waals surface area contributed by atoms with Gasteiger partial charge in [0.1, 0.15) is 5.82 Å². The van der Waals surface area contributed by atoms with Crippen molar-refractivity contribution in [1.82, 2.24) is 4.90 Å². The standard InChI is InChI=1S/C27H31F4NO4/c1-17-8-9-19(14-25(17)28)13-20-5-4-12-32(20)15-21(33)16-36-18(2)22-6-3-7-24(27(29,30)31)23(22)10-11-26(34)35/h3,6-11,14,18,20-21,33H,4-5,12-13,15-16H2,1-2H3,(H,34,35)/b11-10+/t18-,20+,21+/m1/s1. The number of carboxylic acid groups (broad SMARTS) is 1. The number of ether oxygens (including phenoxy) is 1. The van der Waals surface area contributed by atoms with E-state index in [9.17, 15) is 27.5 Å². The number of likely N-dealkylation sites (tertiary alicyclic amines) is 1. The van der Waals surface area contributed by atoms with E-state index in [0.717, 1.165) is 37.1 Å². The highest BCUT2D eigenvalue weighted by Gasteiger charge is 2.34. The summed E-state index contributed by atoms with van der Waals surface area (Å²) in [5, 5.41) is 19.5. The zero-order valence-electron chi connectivity index (χ0n) is 20.3. The van der Waals surface area contributed by atoms with Gasteiger partial charge >= 0.3 is 12.1 Å². The maximum absolute atomic E-state index is 13.9. The fourth-order valence-corrected chi connectivity index (χ4v) is 4.60. The van der Waals surface area contributed by atoms with E-state index in [1.165, 1.54) is 12.1 Å². The van der Waals surface area contributed by atoms with Crippen LogP contribution >= 0.6 is 0 Å². The summed E-state index contributed by atoms with van der Waals surface area (Å²) in [7, 11) is 0. The molecule has 3 rings (SSSR count). The molecule has 0 bridgehead atoms. The lowest BCUT2D eigenvalue weighted by atomic mass is 9.96. The fourth-order valence-electron chi connectivity index (χ4n) is 4.60. The molecule has 2 N–H and O–H groups in total. The maximum atomic E-state index is 13.9. The average molecular weight is 510 g/mol. The summed E-state index contributed by atoms with van der Waals surface area (Å²) in [4.78, 5) is 13.0. The maximum Gasteiger partial charge on any atom is 0.416 e. The first kappa shape index (κ1) is 27.8. The van der Waals surface area contributed by atoms with E-state index >= 15 is 0 Å². The Morgan fingerprint density at radius 2 is 2.03 bits per heavy atom. The van der Waals surface area contributed by atoms with Gasteiger partial charge in [0.25, 0.3) is 0 Å². The van der Waals surface area contributed by atoms with Gasteiger partial charge in [-0.15, -0.1) is 0 Å². The van der Waals surface area contributed by atoms with E-state index in [1.54, 1.807) is 26.0 Å². The third kappa shape index (κ3) is 7.38. The van der Waals surface area contributed by atoms with Crippen molar-refractivity contribution in [3.63, 3.8) is 0 Å². The van der Waals surface area contributed by atoms with Gasteiger partial charge in [-0.2, -0.15) is 13.2 Å². The molecule has 0 aliphatic carbocycles. The predicted octanol–water partition coefficient (Wildman–Crippen LogP) is 5.40. The third-order valence-electron chi connectivity index (χ3n) is 6.47. The molecular weight excluding hydrogens is 478 g/mol. The van der Waals surface area contributed by atoms with Crippen LogP contribution in [0.25, 0.3) is 6.08 Å². The quantitative estimate of drug-likeness (QED) is 0.332. The molecule has 1 aliphatic heterocycles. The lowest BCUT2D eigenvalue weighted by Gasteiger charge is -2.28. The van der Waals surface area contributed by atoms with Crippen LogP contribution in [-0.4, -0.2) is 52.9 Å². The van der Waals surface area contributed by atoms with Crippen molar-refractivity contribution in [1.29, 1.82) is 0 Å². The topological polar surface area (TPSA) is 70.0 Å². The zero-order valence-corrected chi connectivity index (χ0v) is 20.3. The summed E-state index contributed by atoms with van der Waals surface area (Å²) >= 11 is 0. The monoisotopic (exact) mass is 509 g/mol. The number of aliphatic hydroxyl groups is 1. The first-order valence-corrected chi connectivity index (χ1v) is 11.9. The number of carboxylic acids is 1. The molecule has 0 amide bonds. The van der Waals surface area contributed by atoms with E-state index in [1.807, 2.05) is 6.07 Å². The number of rotatable bonds is 10. The molecule has 0 radical (unpaired) electrons. The number of benzene rings is 2. The summed E-state index contributed by atoms with van der Waals surface area (Å²) in [6, 6.07) is 8.93. The molecule has 1 fully saturated rings. The Balaban J connectivity index is 1.64. The molecule has 1 heterocycles. The Labute approximate surface area is 208 Å². The van der Waals surface area contributed by atoms with Crippen LogP contribution < -0.4 is 0 Å². The second kappa shape index (κ2) is 12.0. The zero-order chi connectivity index (χ0) is 26.5. The van der Waals surface area contributed by atoms with Crippen LogP contribution in [0, 0.1) is 12.7 Å². The SMILES string of the molecule is Cc1ccc(C[C@@H]2CCCN2C[C@H](O)CO[C@H](C)c2cccc(C(F)(F)F)c2/C=C/C(=O)O)cc1F. The highest BCUT2D eigenvalue weighted by atomic mass is 19.4.